The van der Waals surface area contributed by atoms with E-state index in [2.05, 4.69) is 4.98 Å². The molecule has 5 heteroatoms. The van der Waals surface area contributed by atoms with E-state index >= 15 is 0 Å². The molecule has 2 rings (SSSR count). The van der Waals surface area contributed by atoms with E-state index in [0.29, 0.717) is 18.0 Å². The summed E-state index contributed by atoms with van der Waals surface area (Å²) in [6, 6.07) is 5.47. The molecule has 0 spiro atoms. The lowest BCUT2D eigenvalue weighted by molar-refractivity contribution is 0.417. The first kappa shape index (κ1) is 12.2. The smallest absolute Gasteiger partial charge is 0.347 e. The minimum atomic E-state index is -0.269. The van der Waals surface area contributed by atoms with Crippen molar-refractivity contribution in [1.29, 1.82) is 0 Å². The van der Waals surface area contributed by atoms with Crippen LogP contribution in [0.2, 0.25) is 0 Å². The Morgan fingerprint density at radius 2 is 2.22 bits per heavy atom. The van der Waals surface area contributed by atoms with Gasteiger partial charge in [0.25, 0.3) is 0 Å². The Morgan fingerprint density at radius 3 is 2.89 bits per heavy atom. The van der Waals surface area contributed by atoms with Crippen molar-refractivity contribution >= 4 is 5.69 Å². The fourth-order valence-corrected chi connectivity index (χ4v) is 1.76. The molecule has 0 aliphatic rings. The van der Waals surface area contributed by atoms with Crippen molar-refractivity contribution in [1.82, 2.24) is 9.55 Å². The van der Waals surface area contributed by atoms with E-state index in [1.54, 1.807) is 36.2 Å². The van der Waals surface area contributed by atoms with Crippen LogP contribution in [0.1, 0.15) is 11.1 Å². The second kappa shape index (κ2) is 4.91. The second-order valence-electron chi connectivity index (χ2n) is 4.12. The maximum atomic E-state index is 11.6. The van der Waals surface area contributed by atoms with Gasteiger partial charge >= 0.3 is 5.69 Å². The van der Waals surface area contributed by atoms with E-state index in [-0.39, 0.29) is 5.69 Å². The summed E-state index contributed by atoms with van der Waals surface area (Å²) in [6.07, 6.45) is 3.33. The van der Waals surface area contributed by atoms with Crippen LogP contribution in [-0.2, 0) is 6.54 Å². The number of anilines is 1. The van der Waals surface area contributed by atoms with Gasteiger partial charge in [0, 0.05) is 12.4 Å². The topological polar surface area (TPSA) is 70.1 Å². The fourth-order valence-electron chi connectivity index (χ4n) is 1.76. The van der Waals surface area contributed by atoms with Crippen LogP contribution < -0.4 is 16.2 Å². The van der Waals surface area contributed by atoms with Gasteiger partial charge in [-0.15, -0.1) is 0 Å². The molecule has 0 atom stereocenters. The molecular formula is C13H15N3O2. The molecule has 0 radical (unpaired) electrons. The first-order valence-corrected chi connectivity index (χ1v) is 5.55. The lowest BCUT2D eigenvalue weighted by atomic mass is 10.2. The van der Waals surface area contributed by atoms with Crippen molar-refractivity contribution in [2.75, 3.05) is 12.8 Å². The van der Waals surface area contributed by atoms with E-state index < -0.39 is 0 Å². The van der Waals surface area contributed by atoms with Crippen molar-refractivity contribution < 1.29 is 4.74 Å². The van der Waals surface area contributed by atoms with Gasteiger partial charge in [0.1, 0.15) is 5.75 Å². The molecule has 0 unspecified atom stereocenters. The summed E-state index contributed by atoms with van der Waals surface area (Å²) >= 11 is 0. The van der Waals surface area contributed by atoms with Crippen LogP contribution in [0.4, 0.5) is 5.69 Å². The lowest BCUT2D eigenvalue weighted by Gasteiger charge is -2.09. The Labute approximate surface area is 105 Å². The normalized spacial score (nSPS) is 10.3. The summed E-state index contributed by atoms with van der Waals surface area (Å²) in [5.74, 6) is 0.633. The van der Waals surface area contributed by atoms with E-state index in [4.69, 9.17) is 10.5 Å². The minimum Gasteiger partial charge on any atom is -0.495 e. The zero-order valence-electron chi connectivity index (χ0n) is 10.4. The molecule has 0 saturated carbocycles. The SMILES string of the molecule is COc1ccc(Cn2cc(C)cnc2=O)cc1N. The highest BCUT2D eigenvalue weighted by atomic mass is 16.5. The van der Waals surface area contributed by atoms with Gasteiger partial charge in [-0.2, -0.15) is 0 Å². The van der Waals surface area contributed by atoms with Crippen LogP contribution in [-0.4, -0.2) is 16.7 Å². The zero-order valence-corrected chi connectivity index (χ0v) is 10.4. The number of ether oxygens (including phenoxy) is 1. The molecule has 94 valence electrons. The van der Waals surface area contributed by atoms with Gasteiger partial charge in [0.2, 0.25) is 0 Å². The monoisotopic (exact) mass is 245 g/mol. The Balaban J connectivity index is 2.31. The average molecular weight is 245 g/mol. The van der Waals surface area contributed by atoms with Crippen LogP contribution in [0.15, 0.2) is 35.4 Å². The van der Waals surface area contributed by atoms with Gasteiger partial charge < -0.3 is 10.5 Å². The van der Waals surface area contributed by atoms with Crippen LogP contribution in [0.3, 0.4) is 0 Å². The van der Waals surface area contributed by atoms with Crippen molar-refractivity contribution in [3.05, 3.63) is 52.2 Å². The maximum Gasteiger partial charge on any atom is 0.347 e. The molecule has 0 aliphatic heterocycles. The first-order valence-electron chi connectivity index (χ1n) is 5.55. The number of benzene rings is 1. The molecule has 0 aliphatic carbocycles. The molecule has 1 heterocycles. The van der Waals surface area contributed by atoms with Crippen LogP contribution in [0.5, 0.6) is 5.75 Å². The number of nitrogens with two attached hydrogens (primary N) is 1. The predicted octanol–water partition coefficient (Wildman–Crippen LogP) is 1.19. The Kier molecular flexibility index (Phi) is 3.32. The Bertz CT molecular complexity index is 620. The number of aryl methyl sites for hydroxylation is 1. The number of hydrogen-bond donors (Lipinski definition) is 1. The predicted molar refractivity (Wildman–Crippen MR) is 69.7 cm³/mol. The van der Waals surface area contributed by atoms with Crippen LogP contribution >= 0.6 is 0 Å². The quantitative estimate of drug-likeness (QED) is 0.825. The van der Waals surface area contributed by atoms with Gasteiger partial charge in [-0.3, -0.25) is 4.57 Å². The lowest BCUT2D eigenvalue weighted by Crippen LogP contribution is -2.22. The largest absolute Gasteiger partial charge is 0.495 e. The molecule has 1 aromatic heterocycles. The number of nitrogen functional groups attached to an aromatic ring is 1. The van der Waals surface area contributed by atoms with Gasteiger partial charge in [-0.1, -0.05) is 6.07 Å². The van der Waals surface area contributed by atoms with Crippen molar-refractivity contribution in [3.63, 3.8) is 0 Å². The minimum absolute atomic E-state index is 0.269. The van der Waals surface area contributed by atoms with Gasteiger partial charge in [0.15, 0.2) is 0 Å². The fraction of sp³-hybridized carbons (Fsp3) is 0.231. The zero-order chi connectivity index (χ0) is 13.1. The summed E-state index contributed by atoms with van der Waals surface area (Å²) in [6.45, 7) is 2.34. The van der Waals surface area contributed by atoms with Gasteiger partial charge in [-0.25, -0.2) is 9.78 Å². The van der Waals surface area contributed by atoms with Gasteiger partial charge in [-0.05, 0) is 30.2 Å². The molecule has 1 aromatic carbocycles. The van der Waals surface area contributed by atoms with Crippen molar-refractivity contribution in [2.24, 2.45) is 0 Å². The molecule has 0 amide bonds. The maximum absolute atomic E-state index is 11.6. The highest BCUT2D eigenvalue weighted by Crippen LogP contribution is 2.22. The number of methoxy groups -OCH3 is 1. The van der Waals surface area contributed by atoms with Crippen LogP contribution in [0, 0.1) is 6.92 Å². The summed E-state index contributed by atoms with van der Waals surface area (Å²) in [5.41, 5.74) is 7.99. The summed E-state index contributed by atoms with van der Waals surface area (Å²) < 4.78 is 6.64. The number of nitrogens with zero attached hydrogens (tertiary/aromatic N) is 2. The molecule has 5 nitrogen and oxygen atoms in total. The highest BCUT2D eigenvalue weighted by molar-refractivity contribution is 5.54. The standard InChI is InChI=1S/C13H15N3O2/c1-9-6-15-13(17)16(7-9)8-10-3-4-12(18-2)11(14)5-10/h3-7H,8,14H2,1-2H3. The third-order valence-corrected chi connectivity index (χ3v) is 2.63. The van der Waals surface area contributed by atoms with E-state index in [1.807, 2.05) is 13.0 Å². The molecule has 0 fully saturated rings. The molecule has 2 N–H and O–H groups in total. The van der Waals surface area contributed by atoms with E-state index in [9.17, 15) is 4.79 Å². The van der Waals surface area contributed by atoms with E-state index in [0.717, 1.165) is 11.1 Å². The second-order valence-corrected chi connectivity index (χ2v) is 4.12. The number of aromatic nitrogens is 2. The van der Waals surface area contributed by atoms with Crippen molar-refractivity contribution in [2.45, 2.75) is 13.5 Å². The molecular weight excluding hydrogens is 230 g/mol. The van der Waals surface area contributed by atoms with Crippen LogP contribution in [0.25, 0.3) is 0 Å². The first-order chi connectivity index (χ1) is 8.60. The molecule has 2 aromatic rings. The van der Waals surface area contributed by atoms with Gasteiger partial charge in [0.05, 0.1) is 19.3 Å². The third-order valence-electron chi connectivity index (χ3n) is 2.63. The third kappa shape index (κ3) is 2.51. The Hall–Kier alpha value is -2.30. The number of hydrogen-bond acceptors (Lipinski definition) is 4. The summed E-state index contributed by atoms with van der Waals surface area (Å²) in [5, 5.41) is 0. The summed E-state index contributed by atoms with van der Waals surface area (Å²) in [4.78, 5) is 15.4. The Morgan fingerprint density at radius 1 is 1.44 bits per heavy atom. The van der Waals surface area contributed by atoms with E-state index in [1.165, 1.54) is 0 Å². The molecule has 0 bridgehead atoms. The molecule has 18 heavy (non-hydrogen) atoms. The average Bonchev–Trinajstić information content (AvgIpc) is 2.34. The van der Waals surface area contributed by atoms with Crippen molar-refractivity contribution in [3.8, 4) is 5.75 Å². The highest BCUT2D eigenvalue weighted by Gasteiger charge is 2.03. The number of rotatable bonds is 3. The summed E-state index contributed by atoms with van der Waals surface area (Å²) in [7, 11) is 1.57. The molecule has 0 saturated heterocycles.